The van der Waals surface area contributed by atoms with Crippen LogP contribution < -0.4 is 10.6 Å². The zero-order chi connectivity index (χ0) is 18.6. The van der Waals surface area contributed by atoms with E-state index in [0.29, 0.717) is 6.04 Å². The third-order valence-electron chi connectivity index (χ3n) is 5.03. The summed E-state index contributed by atoms with van der Waals surface area (Å²) in [6.07, 6.45) is 4.78. The largest absolute Gasteiger partial charge is 0.382 e. The molecule has 2 N–H and O–H groups in total. The first-order valence-corrected chi connectivity index (χ1v) is 10.9. The second-order valence-electron chi connectivity index (χ2n) is 7.03. The van der Waals surface area contributed by atoms with Crippen molar-refractivity contribution in [1.29, 1.82) is 0 Å². The average Bonchev–Trinajstić information content (AvgIpc) is 3.18. The molecule has 0 aromatic carbocycles. The summed E-state index contributed by atoms with van der Waals surface area (Å²) in [5, 5.41) is 9.15. The number of hydrogen-bond donors (Lipinski definition) is 2. The number of ether oxygens (including phenoxy) is 1. The first kappa shape index (κ1) is 24.7. The van der Waals surface area contributed by atoms with Crippen LogP contribution >= 0.6 is 35.3 Å². The third kappa shape index (κ3) is 9.11. The Morgan fingerprint density at radius 1 is 1.33 bits per heavy atom. The van der Waals surface area contributed by atoms with E-state index >= 15 is 0 Å². The van der Waals surface area contributed by atoms with Gasteiger partial charge in [-0.2, -0.15) is 0 Å². The van der Waals surface area contributed by atoms with Gasteiger partial charge in [0, 0.05) is 38.2 Å². The van der Waals surface area contributed by atoms with Crippen molar-refractivity contribution in [1.82, 2.24) is 15.5 Å². The molecule has 27 heavy (non-hydrogen) atoms. The standard InChI is InChI=1S/C20H36N4OS.HI/c1-4-25-14-6-5-11-22-20(21-3)23-16-18(19-8-7-15-26-19)24-12-9-17(2)10-13-24;/h7-8,15,17-18H,4-6,9-14,16H2,1-3H3,(H2,21,22,23);1H. The van der Waals surface area contributed by atoms with Crippen LogP contribution in [0.1, 0.15) is 50.4 Å². The van der Waals surface area contributed by atoms with Crippen LogP contribution in [0.5, 0.6) is 0 Å². The molecule has 1 aromatic heterocycles. The van der Waals surface area contributed by atoms with E-state index in [9.17, 15) is 0 Å². The topological polar surface area (TPSA) is 48.9 Å². The molecule has 0 saturated carbocycles. The van der Waals surface area contributed by atoms with E-state index in [1.165, 1.54) is 30.8 Å². The van der Waals surface area contributed by atoms with Crippen molar-refractivity contribution < 1.29 is 4.74 Å². The van der Waals surface area contributed by atoms with Crippen LogP contribution in [0.4, 0.5) is 0 Å². The minimum atomic E-state index is 0. The first-order chi connectivity index (χ1) is 12.7. The number of nitrogens with zero attached hydrogens (tertiary/aromatic N) is 2. The maximum Gasteiger partial charge on any atom is 0.191 e. The van der Waals surface area contributed by atoms with Crippen LogP contribution in [0.2, 0.25) is 0 Å². The second-order valence-corrected chi connectivity index (χ2v) is 8.01. The molecule has 0 aliphatic carbocycles. The number of unbranched alkanes of at least 4 members (excludes halogenated alkanes) is 1. The van der Waals surface area contributed by atoms with Crippen LogP contribution in [0.25, 0.3) is 0 Å². The van der Waals surface area contributed by atoms with E-state index in [2.05, 4.69) is 45.0 Å². The van der Waals surface area contributed by atoms with Crippen molar-refractivity contribution in [2.24, 2.45) is 10.9 Å². The van der Waals surface area contributed by atoms with E-state index in [0.717, 1.165) is 51.0 Å². The summed E-state index contributed by atoms with van der Waals surface area (Å²) in [6.45, 7) is 10.3. The molecule has 0 bridgehead atoms. The quantitative estimate of drug-likeness (QED) is 0.216. The van der Waals surface area contributed by atoms with Crippen molar-refractivity contribution in [3.63, 3.8) is 0 Å². The molecule has 1 atom stereocenters. The van der Waals surface area contributed by atoms with Gasteiger partial charge < -0.3 is 15.4 Å². The molecule has 156 valence electrons. The molecule has 0 spiro atoms. The molecule has 2 rings (SSSR count). The molecule has 0 radical (unpaired) electrons. The molecule has 1 aromatic rings. The molecule has 1 fully saturated rings. The van der Waals surface area contributed by atoms with Crippen molar-refractivity contribution in [3.8, 4) is 0 Å². The zero-order valence-electron chi connectivity index (χ0n) is 17.1. The van der Waals surface area contributed by atoms with Crippen LogP contribution in [0.15, 0.2) is 22.5 Å². The zero-order valence-corrected chi connectivity index (χ0v) is 20.2. The highest BCUT2D eigenvalue weighted by Gasteiger charge is 2.25. The normalized spacial score (nSPS) is 17.4. The molecular weight excluding hydrogens is 471 g/mol. The maximum atomic E-state index is 5.38. The SMILES string of the molecule is CCOCCCCNC(=NC)NCC(c1cccs1)N1CCC(C)CC1.I. The summed E-state index contributed by atoms with van der Waals surface area (Å²) in [5.74, 6) is 1.75. The fourth-order valence-electron chi connectivity index (χ4n) is 3.32. The number of thiophene rings is 1. The summed E-state index contributed by atoms with van der Waals surface area (Å²) < 4.78 is 5.38. The molecular formula is C20H37IN4OS. The number of piperidine rings is 1. The lowest BCUT2D eigenvalue weighted by molar-refractivity contribution is 0.140. The van der Waals surface area contributed by atoms with Gasteiger partial charge in [0.2, 0.25) is 0 Å². The summed E-state index contributed by atoms with van der Waals surface area (Å²) in [5.41, 5.74) is 0. The Kier molecular flexibility index (Phi) is 13.3. The fourth-order valence-corrected chi connectivity index (χ4v) is 4.19. The van der Waals surface area contributed by atoms with Gasteiger partial charge in [0.25, 0.3) is 0 Å². The van der Waals surface area contributed by atoms with E-state index in [1.807, 2.05) is 25.3 Å². The number of hydrogen-bond acceptors (Lipinski definition) is 4. The van der Waals surface area contributed by atoms with E-state index in [-0.39, 0.29) is 24.0 Å². The Labute approximate surface area is 186 Å². The van der Waals surface area contributed by atoms with E-state index < -0.39 is 0 Å². The fraction of sp³-hybridized carbons (Fsp3) is 0.750. The number of aliphatic imine (C=N–C) groups is 1. The van der Waals surface area contributed by atoms with Crippen LogP contribution in [-0.2, 0) is 4.74 Å². The van der Waals surface area contributed by atoms with Crippen molar-refractivity contribution in [2.45, 2.75) is 45.6 Å². The minimum absolute atomic E-state index is 0. The molecule has 7 heteroatoms. The van der Waals surface area contributed by atoms with E-state index in [1.54, 1.807) is 0 Å². The molecule has 1 unspecified atom stereocenters. The van der Waals surface area contributed by atoms with Crippen LogP contribution in [-0.4, -0.2) is 57.3 Å². The van der Waals surface area contributed by atoms with Gasteiger partial charge in [-0.1, -0.05) is 13.0 Å². The van der Waals surface area contributed by atoms with Gasteiger partial charge in [0.1, 0.15) is 0 Å². The van der Waals surface area contributed by atoms with Crippen LogP contribution in [0, 0.1) is 5.92 Å². The Bertz CT molecular complexity index is 504. The van der Waals surface area contributed by atoms with Gasteiger partial charge in [-0.05, 0) is 63.1 Å². The lowest BCUT2D eigenvalue weighted by Gasteiger charge is -2.36. The van der Waals surface area contributed by atoms with Crippen molar-refractivity contribution in [3.05, 3.63) is 22.4 Å². The predicted molar refractivity (Wildman–Crippen MR) is 128 cm³/mol. The Morgan fingerprint density at radius 3 is 2.74 bits per heavy atom. The van der Waals surface area contributed by atoms with Gasteiger partial charge in [-0.25, -0.2) is 0 Å². The maximum absolute atomic E-state index is 5.38. The number of halogens is 1. The minimum Gasteiger partial charge on any atom is -0.382 e. The van der Waals surface area contributed by atoms with Crippen molar-refractivity contribution in [2.75, 3.05) is 46.4 Å². The number of nitrogens with one attached hydrogen (secondary N) is 2. The van der Waals surface area contributed by atoms with Gasteiger partial charge in [0.15, 0.2) is 5.96 Å². The number of rotatable bonds is 10. The average molecular weight is 509 g/mol. The summed E-state index contributed by atoms with van der Waals surface area (Å²) >= 11 is 1.86. The van der Waals surface area contributed by atoms with Gasteiger partial charge in [0.05, 0.1) is 6.04 Å². The third-order valence-corrected chi connectivity index (χ3v) is 6.00. The molecule has 1 saturated heterocycles. The summed E-state index contributed by atoms with van der Waals surface area (Å²) in [6, 6.07) is 4.85. The molecule has 0 amide bonds. The first-order valence-electron chi connectivity index (χ1n) is 10.0. The van der Waals surface area contributed by atoms with Gasteiger partial charge in [-0.3, -0.25) is 9.89 Å². The summed E-state index contributed by atoms with van der Waals surface area (Å²) in [7, 11) is 1.85. The van der Waals surface area contributed by atoms with Gasteiger partial charge >= 0.3 is 0 Å². The number of guanidine groups is 1. The smallest absolute Gasteiger partial charge is 0.191 e. The molecule has 5 nitrogen and oxygen atoms in total. The highest BCUT2D eigenvalue weighted by Crippen LogP contribution is 2.28. The lowest BCUT2D eigenvalue weighted by atomic mass is 9.97. The molecule has 1 aliphatic heterocycles. The Hall–Kier alpha value is -0.380. The Balaban J connectivity index is 0.00000364. The second kappa shape index (κ2) is 14.6. The summed E-state index contributed by atoms with van der Waals surface area (Å²) in [4.78, 5) is 8.46. The van der Waals surface area contributed by atoms with E-state index in [4.69, 9.17) is 4.74 Å². The van der Waals surface area contributed by atoms with Crippen molar-refractivity contribution >= 4 is 41.3 Å². The Morgan fingerprint density at radius 2 is 2.11 bits per heavy atom. The number of likely N-dealkylation sites (tertiary alicyclic amines) is 1. The lowest BCUT2D eigenvalue weighted by Crippen LogP contribution is -2.45. The molecule has 2 heterocycles. The highest BCUT2D eigenvalue weighted by molar-refractivity contribution is 14.0. The highest BCUT2D eigenvalue weighted by atomic mass is 127. The predicted octanol–water partition coefficient (Wildman–Crippen LogP) is 4.12. The molecule has 1 aliphatic rings. The van der Waals surface area contributed by atoms with Crippen LogP contribution in [0.3, 0.4) is 0 Å². The monoisotopic (exact) mass is 508 g/mol. The van der Waals surface area contributed by atoms with Gasteiger partial charge in [-0.15, -0.1) is 35.3 Å².